The topological polar surface area (TPSA) is 118 Å². The Morgan fingerprint density at radius 2 is 2.24 bits per heavy atom. The predicted molar refractivity (Wildman–Crippen MR) is 91.8 cm³/mol. The molecule has 0 spiro atoms. The van der Waals surface area contributed by atoms with Gasteiger partial charge < -0.3 is 20.1 Å². The average molecular weight is 369 g/mol. The molecule has 25 heavy (non-hydrogen) atoms. The van der Waals surface area contributed by atoms with Crippen molar-refractivity contribution in [2.45, 2.75) is 60.7 Å². The van der Waals surface area contributed by atoms with E-state index in [0.29, 0.717) is 18.5 Å². The van der Waals surface area contributed by atoms with Gasteiger partial charge in [0.25, 0.3) is 0 Å². The molecule has 2 heterocycles. The SMILES string of the molecule is C=Cc1cn(C2C(O)[C@@H](SC3CCCC(=O)C3)OC(CO)[C@@H]2O)nn1. The van der Waals surface area contributed by atoms with E-state index in [0.717, 1.165) is 12.8 Å². The quantitative estimate of drug-likeness (QED) is 0.671. The molecular weight excluding hydrogens is 346 g/mol. The Kier molecular flexibility index (Phi) is 5.90. The zero-order valence-electron chi connectivity index (χ0n) is 13.8. The average Bonchev–Trinajstić information content (AvgIpc) is 3.06. The number of hydrogen-bond acceptors (Lipinski definition) is 8. The van der Waals surface area contributed by atoms with Crippen LogP contribution in [0.15, 0.2) is 12.8 Å². The number of rotatable bonds is 5. The van der Waals surface area contributed by atoms with Crippen LogP contribution < -0.4 is 0 Å². The van der Waals surface area contributed by atoms with Crippen LogP contribution >= 0.6 is 11.8 Å². The number of aromatic nitrogens is 3. The first-order valence-corrected chi connectivity index (χ1v) is 9.31. The fourth-order valence-electron chi connectivity index (χ4n) is 3.31. The molecule has 0 bridgehead atoms. The molecule has 8 nitrogen and oxygen atoms in total. The summed E-state index contributed by atoms with van der Waals surface area (Å²) in [6.45, 7) is 3.24. The molecule has 1 aliphatic carbocycles. The molecule has 138 valence electrons. The summed E-state index contributed by atoms with van der Waals surface area (Å²) in [5.41, 5.74) is -0.147. The van der Waals surface area contributed by atoms with Crippen LogP contribution in [-0.4, -0.2) is 71.7 Å². The molecular formula is C16H23N3O5S. The van der Waals surface area contributed by atoms with Gasteiger partial charge in [0.1, 0.15) is 41.3 Å². The number of ketones is 1. The number of Topliss-reactive ketones (excluding diaryl/α,β-unsaturated/α-hetero) is 1. The number of ether oxygens (including phenoxy) is 1. The van der Waals surface area contributed by atoms with Crippen molar-refractivity contribution in [2.24, 2.45) is 0 Å². The number of nitrogens with zero attached hydrogens (tertiary/aromatic N) is 3. The minimum absolute atomic E-state index is 0.0654. The normalized spacial score (nSPS) is 36.4. The number of carbonyl (C=O) groups excluding carboxylic acids is 1. The summed E-state index contributed by atoms with van der Waals surface area (Å²) in [4.78, 5) is 11.7. The van der Waals surface area contributed by atoms with Crippen LogP contribution in [0.1, 0.15) is 37.4 Å². The highest BCUT2D eigenvalue weighted by atomic mass is 32.2. The van der Waals surface area contributed by atoms with Gasteiger partial charge in [-0.05, 0) is 18.9 Å². The standard InChI is InChI=1S/C16H23N3O5S/c1-2-9-7-19(18-17-9)13-14(22)12(8-20)24-16(15(13)23)25-11-5-3-4-10(21)6-11/h2,7,11-16,20,22-23H,1,3-6,8H2/t11?,12?,13?,14-,15?,16+/m0/s1. The summed E-state index contributed by atoms with van der Waals surface area (Å²) >= 11 is 1.39. The Bertz CT molecular complexity index is 625. The first-order valence-electron chi connectivity index (χ1n) is 8.37. The largest absolute Gasteiger partial charge is 0.394 e. The van der Waals surface area contributed by atoms with E-state index in [1.807, 2.05) is 0 Å². The fourth-order valence-corrected chi connectivity index (χ4v) is 4.81. The Morgan fingerprint density at radius 1 is 1.44 bits per heavy atom. The number of aliphatic hydroxyl groups is 3. The molecule has 3 N–H and O–H groups in total. The summed E-state index contributed by atoms with van der Waals surface area (Å²) in [7, 11) is 0. The maximum Gasteiger partial charge on any atom is 0.134 e. The van der Waals surface area contributed by atoms with Crippen LogP contribution in [0.5, 0.6) is 0 Å². The molecule has 0 radical (unpaired) electrons. The summed E-state index contributed by atoms with van der Waals surface area (Å²) in [6, 6.07) is -0.802. The van der Waals surface area contributed by atoms with Crippen LogP contribution in [0.25, 0.3) is 6.08 Å². The van der Waals surface area contributed by atoms with E-state index in [4.69, 9.17) is 4.74 Å². The summed E-state index contributed by atoms with van der Waals surface area (Å²) < 4.78 is 7.09. The molecule has 1 aromatic heterocycles. The van der Waals surface area contributed by atoms with Crippen molar-refractivity contribution in [1.29, 1.82) is 0 Å². The van der Waals surface area contributed by atoms with Crippen molar-refractivity contribution in [3.8, 4) is 0 Å². The van der Waals surface area contributed by atoms with Gasteiger partial charge in [-0.15, -0.1) is 16.9 Å². The third-order valence-electron chi connectivity index (χ3n) is 4.65. The van der Waals surface area contributed by atoms with Gasteiger partial charge in [-0.2, -0.15) is 0 Å². The molecule has 0 aromatic carbocycles. The van der Waals surface area contributed by atoms with E-state index in [2.05, 4.69) is 16.9 Å². The van der Waals surface area contributed by atoms with E-state index in [1.165, 1.54) is 22.5 Å². The first-order chi connectivity index (χ1) is 12.0. The van der Waals surface area contributed by atoms with Crippen LogP contribution in [0.2, 0.25) is 0 Å². The number of hydrogen-bond donors (Lipinski definition) is 3. The van der Waals surface area contributed by atoms with E-state index in [9.17, 15) is 20.1 Å². The van der Waals surface area contributed by atoms with Gasteiger partial charge in [0.05, 0.1) is 12.8 Å². The molecule has 6 atom stereocenters. The molecule has 0 amide bonds. The Morgan fingerprint density at radius 3 is 2.88 bits per heavy atom. The second-order valence-electron chi connectivity index (χ2n) is 6.42. The Labute approximate surface area is 149 Å². The van der Waals surface area contributed by atoms with Crippen molar-refractivity contribution < 1.29 is 24.9 Å². The molecule has 2 fully saturated rings. The zero-order chi connectivity index (χ0) is 18.0. The van der Waals surface area contributed by atoms with E-state index in [1.54, 1.807) is 6.20 Å². The maximum absolute atomic E-state index is 11.7. The minimum Gasteiger partial charge on any atom is -0.394 e. The lowest BCUT2D eigenvalue weighted by atomic mass is 9.97. The Hall–Kier alpha value is -1.26. The maximum atomic E-state index is 11.7. The van der Waals surface area contributed by atoms with Gasteiger partial charge in [0, 0.05) is 18.1 Å². The highest BCUT2D eigenvalue weighted by Crippen LogP contribution is 2.39. The van der Waals surface area contributed by atoms with E-state index < -0.39 is 29.8 Å². The third-order valence-corrected chi connectivity index (χ3v) is 6.10. The molecule has 1 aromatic rings. The molecule has 3 rings (SSSR count). The van der Waals surface area contributed by atoms with Gasteiger partial charge in [0.15, 0.2) is 0 Å². The molecule has 1 saturated carbocycles. The molecule has 4 unspecified atom stereocenters. The second-order valence-corrected chi connectivity index (χ2v) is 7.82. The van der Waals surface area contributed by atoms with E-state index >= 15 is 0 Å². The number of carbonyl (C=O) groups is 1. The molecule has 9 heteroatoms. The highest BCUT2D eigenvalue weighted by molar-refractivity contribution is 8.00. The third kappa shape index (κ3) is 3.95. The lowest BCUT2D eigenvalue weighted by Gasteiger charge is -2.42. The summed E-state index contributed by atoms with van der Waals surface area (Å²) in [6.07, 6.45) is 2.84. The first kappa shape index (κ1) is 18.5. The lowest BCUT2D eigenvalue weighted by molar-refractivity contribution is -0.178. The fraction of sp³-hybridized carbons (Fsp3) is 0.688. The predicted octanol–water partition coefficient (Wildman–Crippen LogP) is 0.146. The van der Waals surface area contributed by atoms with Crippen molar-refractivity contribution in [3.05, 3.63) is 18.5 Å². The number of thioether (sulfide) groups is 1. The summed E-state index contributed by atoms with van der Waals surface area (Å²) in [5, 5.41) is 38.7. The van der Waals surface area contributed by atoms with Crippen molar-refractivity contribution in [3.63, 3.8) is 0 Å². The second kappa shape index (κ2) is 7.96. The monoisotopic (exact) mass is 369 g/mol. The van der Waals surface area contributed by atoms with Crippen LogP contribution in [0.4, 0.5) is 0 Å². The number of aliphatic hydroxyl groups excluding tert-OH is 3. The van der Waals surface area contributed by atoms with Gasteiger partial charge in [-0.25, -0.2) is 4.68 Å². The van der Waals surface area contributed by atoms with Gasteiger partial charge >= 0.3 is 0 Å². The minimum atomic E-state index is -1.13. The van der Waals surface area contributed by atoms with Crippen LogP contribution in [0, 0.1) is 0 Å². The van der Waals surface area contributed by atoms with Gasteiger partial charge in [-0.3, -0.25) is 4.79 Å². The van der Waals surface area contributed by atoms with Crippen molar-refractivity contribution in [1.82, 2.24) is 15.0 Å². The van der Waals surface area contributed by atoms with E-state index in [-0.39, 0.29) is 17.6 Å². The van der Waals surface area contributed by atoms with Crippen molar-refractivity contribution in [2.75, 3.05) is 6.61 Å². The molecule has 1 saturated heterocycles. The van der Waals surface area contributed by atoms with Crippen molar-refractivity contribution >= 4 is 23.6 Å². The molecule has 2 aliphatic rings. The van der Waals surface area contributed by atoms with Crippen LogP contribution in [-0.2, 0) is 9.53 Å². The smallest absolute Gasteiger partial charge is 0.134 e. The van der Waals surface area contributed by atoms with Gasteiger partial charge in [-0.1, -0.05) is 11.8 Å². The van der Waals surface area contributed by atoms with Gasteiger partial charge in [0.2, 0.25) is 0 Å². The lowest BCUT2D eigenvalue weighted by Crippen LogP contribution is -2.55. The highest BCUT2D eigenvalue weighted by Gasteiger charge is 2.47. The zero-order valence-corrected chi connectivity index (χ0v) is 14.6. The van der Waals surface area contributed by atoms with Crippen LogP contribution in [0.3, 0.4) is 0 Å². The molecule has 1 aliphatic heterocycles. The summed E-state index contributed by atoms with van der Waals surface area (Å²) in [5.74, 6) is 0.219. The Balaban J connectivity index is 1.79.